The molecule has 1 atom stereocenters. The zero-order chi connectivity index (χ0) is 23.4. The molecule has 8 heteroatoms. The SMILES string of the molecule is CN(C(=O)C(Cc1ccccc1)NS(=O)(=O)c1ccc2c(c1)CCC(=O)N2)C1CCCCC1. The van der Waals surface area contributed by atoms with E-state index in [9.17, 15) is 18.0 Å². The molecular formula is C25H31N3O4S. The summed E-state index contributed by atoms with van der Waals surface area (Å²) in [6.07, 6.45) is 6.33. The van der Waals surface area contributed by atoms with Gasteiger partial charge >= 0.3 is 0 Å². The predicted molar refractivity (Wildman–Crippen MR) is 127 cm³/mol. The molecule has 1 saturated carbocycles. The molecule has 2 aromatic rings. The number of nitrogens with one attached hydrogen (secondary N) is 2. The minimum absolute atomic E-state index is 0.0736. The van der Waals surface area contributed by atoms with Crippen LogP contribution in [-0.2, 0) is 32.5 Å². The first-order valence-corrected chi connectivity index (χ1v) is 13.1. The summed E-state index contributed by atoms with van der Waals surface area (Å²) in [7, 11) is -2.16. The van der Waals surface area contributed by atoms with E-state index < -0.39 is 16.1 Å². The van der Waals surface area contributed by atoms with Gasteiger partial charge in [0, 0.05) is 25.2 Å². The van der Waals surface area contributed by atoms with Crippen LogP contribution < -0.4 is 10.0 Å². The van der Waals surface area contributed by atoms with E-state index in [0.717, 1.165) is 36.8 Å². The molecule has 0 saturated heterocycles. The molecule has 2 aliphatic rings. The number of sulfonamides is 1. The topological polar surface area (TPSA) is 95.6 Å². The first-order chi connectivity index (χ1) is 15.8. The van der Waals surface area contributed by atoms with Crippen molar-refractivity contribution in [2.75, 3.05) is 12.4 Å². The van der Waals surface area contributed by atoms with E-state index in [1.807, 2.05) is 30.3 Å². The molecule has 2 aromatic carbocycles. The van der Waals surface area contributed by atoms with Gasteiger partial charge in [-0.2, -0.15) is 4.72 Å². The number of rotatable bonds is 7. The third kappa shape index (κ3) is 5.62. The standard InChI is InChI=1S/C25H31N3O4S/c1-28(20-10-6-3-7-11-20)25(30)23(16-18-8-4-2-5-9-18)27-33(31,32)21-13-14-22-19(17-21)12-15-24(29)26-22/h2,4-5,8-9,13-14,17,20,23,27H,3,6-7,10-12,15-16H2,1H3,(H,26,29). The van der Waals surface area contributed by atoms with Gasteiger partial charge < -0.3 is 10.2 Å². The Kier molecular flexibility index (Phi) is 7.14. The number of hydrogen-bond donors (Lipinski definition) is 2. The van der Waals surface area contributed by atoms with Crippen molar-refractivity contribution in [3.05, 3.63) is 59.7 Å². The third-order valence-electron chi connectivity index (χ3n) is 6.63. The summed E-state index contributed by atoms with van der Waals surface area (Å²) in [5.41, 5.74) is 2.31. The maximum Gasteiger partial charge on any atom is 0.241 e. The second kappa shape index (κ2) is 10.1. The molecule has 0 bridgehead atoms. The largest absolute Gasteiger partial charge is 0.341 e. The summed E-state index contributed by atoms with van der Waals surface area (Å²) >= 11 is 0. The molecular weight excluding hydrogens is 438 g/mol. The number of carbonyl (C=O) groups excluding carboxylic acids is 2. The smallest absolute Gasteiger partial charge is 0.241 e. The van der Waals surface area contributed by atoms with Crippen LogP contribution in [0.3, 0.4) is 0 Å². The normalized spacial score (nSPS) is 17.7. The fourth-order valence-corrected chi connectivity index (χ4v) is 5.94. The van der Waals surface area contributed by atoms with E-state index >= 15 is 0 Å². The Labute approximate surface area is 195 Å². The van der Waals surface area contributed by atoms with Gasteiger partial charge in [0.05, 0.1) is 4.90 Å². The molecule has 0 radical (unpaired) electrons. The first kappa shape index (κ1) is 23.4. The second-order valence-corrected chi connectivity index (χ2v) is 10.7. The van der Waals surface area contributed by atoms with Gasteiger partial charge in [-0.15, -0.1) is 0 Å². The van der Waals surface area contributed by atoms with Gasteiger partial charge in [-0.1, -0.05) is 49.6 Å². The van der Waals surface area contributed by atoms with Crippen LogP contribution in [0.2, 0.25) is 0 Å². The number of benzene rings is 2. The number of anilines is 1. The highest BCUT2D eigenvalue weighted by atomic mass is 32.2. The van der Waals surface area contributed by atoms with Gasteiger partial charge in [-0.3, -0.25) is 9.59 Å². The van der Waals surface area contributed by atoms with Crippen LogP contribution in [0.1, 0.15) is 49.7 Å². The molecule has 1 aliphatic heterocycles. The Morgan fingerprint density at radius 2 is 1.82 bits per heavy atom. The molecule has 4 rings (SSSR count). The predicted octanol–water partition coefficient (Wildman–Crippen LogP) is 3.25. The monoisotopic (exact) mass is 469 g/mol. The number of carbonyl (C=O) groups is 2. The number of hydrogen-bond acceptors (Lipinski definition) is 4. The summed E-state index contributed by atoms with van der Waals surface area (Å²) in [5.74, 6) is -0.282. The molecule has 2 N–H and O–H groups in total. The molecule has 1 unspecified atom stereocenters. The Hall–Kier alpha value is -2.71. The van der Waals surface area contributed by atoms with Crippen LogP contribution in [0.4, 0.5) is 5.69 Å². The fraction of sp³-hybridized carbons (Fsp3) is 0.440. The van der Waals surface area contributed by atoms with Gasteiger partial charge in [-0.05, 0) is 55.0 Å². The number of nitrogens with zero attached hydrogens (tertiary/aromatic N) is 1. The number of fused-ring (bicyclic) bond motifs is 1. The molecule has 7 nitrogen and oxygen atoms in total. The average Bonchev–Trinajstić information content (AvgIpc) is 2.83. The Bertz CT molecular complexity index is 1110. The van der Waals surface area contributed by atoms with E-state index in [2.05, 4.69) is 10.0 Å². The van der Waals surface area contributed by atoms with Crippen molar-refractivity contribution in [1.29, 1.82) is 0 Å². The second-order valence-electron chi connectivity index (χ2n) is 8.97. The van der Waals surface area contributed by atoms with Crippen molar-refractivity contribution >= 4 is 27.5 Å². The molecule has 1 fully saturated rings. The number of aryl methyl sites for hydroxylation is 1. The minimum atomic E-state index is -3.95. The highest BCUT2D eigenvalue weighted by Gasteiger charge is 2.32. The summed E-state index contributed by atoms with van der Waals surface area (Å²) in [6, 6.07) is 13.4. The van der Waals surface area contributed by atoms with E-state index in [0.29, 0.717) is 18.5 Å². The van der Waals surface area contributed by atoms with E-state index in [1.165, 1.54) is 12.5 Å². The van der Waals surface area contributed by atoms with Crippen molar-refractivity contribution in [2.45, 2.75) is 68.3 Å². The highest BCUT2D eigenvalue weighted by Crippen LogP contribution is 2.26. The lowest BCUT2D eigenvalue weighted by atomic mass is 9.94. The van der Waals surface area contributed by atoms with E-state index in [-0.39, 0.29) is 29.2 Å². The average molecular weight is 470 g/mol. The number of likely N-dealkylation sites (N-methyl/N-ethyl adjacent to an activating group) is 1. The molecule has 2 amide bonds. The zero-order valence-corrected chi connectivity index (χ0v) is 19.7. The summed E-state index contributed by atoms with van der Waals surface area (Å²) < 4.78 is 29.3. The fourth-order valence-electron chi connectivity index (χ4n) is 4.71. The Morgan fingerprint density at radius 3 is 2.55 bits per heavy atom. The van der Waals surface area contributed by atoms with Crippen molar-refractivity contribution in [3.8, 4) is 0 Å². The van der Waals surface area contributed by atoms with Gasteiger partial charge in [0.2, 0.25) is 21.8 Å². The van der Waals surface area contributed by atoms with Crippen molar-refractivity contribution in [1.82, 2.24) is 9.62 Å². The zero-order valence-electron chi connectivity index (χ0n) is 18.9. The van der Waals surface area contributed by atoms with Crippen LogP contribution in [0.25, 0.3) is 0 Å². The summed E-state index contributed by atoms with van der Waals surface area (Å²) in [6.45, 7) is 0. The minimum Gasteiger partial charge on any atom is -0.341 e. The molecule has 1 aliphatic carbocycles. The van der Waals surface area contributed by atoms with Crippen molar-refractivity contribution in [3.63, 3.8) is 0 Å². The van der Waals surface area contributed by atoms with Crippen molar-refractivity contribution < 1.29 is 18.0 Å². The lowest BCUT2D eigenvalue weighted by Gasteiger charge is -2.34. The Morgan fingerprint density at radius 1 is 1.09 bits per heavy atom. The first-order valence-electron chi connectivity index (χ1n) is 11.6. The lowest BCUT2D eigenvalue weighted by molar-refractivity contribution is -0.134. The molecule has 33 heavy (non-hydrogen) atoms. The quantitative estimate of drug-likeness (QED) is 0.651. The molecule has 0 spiro atoms. The van der Waals surface area contributed by atoms with Gasteiger partial charge in [-0.25, -0.2) is 8.42 Å². The molecule has 1 heterocycles. The van der Waals surface area contributed by atoms with Crippen LogP contribution in [-0.4, -0.2) is 44.3 Å². The van der Waals surface area contributed by atoms with Gasteiger partial charge in [0.1, 0.15) is 6.04 Å². The molecule has 176 valence electrons. The van der Waals surface area contributed by atoms with Crippen molar-refractivity contribution in [2.24, 2.45) is 0 Å². The third-order valence-corrected chi connectivity index (χ3v) is 8.10. The molecule has 0 aromatic heterocycles. The number of amides is 2. The maximum absolute atomic E-state index is 13.5. The Balaban J connectivity index is 1.58. The summed E-state index contributed by atoms with van der Waals surface area (Å²) in [5, 5.41) is 2.77. The lowest BCUT2D eigenvalue weighted by Crippen LogP contribution is -2.51. The van der Waals surface area contributed by atoms with Gasteiger partial charge in [0.15, 0.2) is 0 Å². The van der Waals surface area contributed by atoms with E-state index in [4.69, 9.17) is 0 Å². The van der Waals surface area contributed by atoms with Crippen LogP contribution in [0.5, 0.6) is 0 Å². The van der Waals surface area contributed by atoms with Gasteiger partial charge in [0.25, 0.3) is 0 Å². The van der Waals surface area contributed by atoms with Crippen LogP contribution >= 0.6 is 0 Å². The maximum atomic E-state index is 13.5. The van der Waals surface area contributed by atoms with Crippen LogP contribution in [0.15, 0.2) is 53.4 Å². The summed E-state index contributed by atoms with van der Waals surface area (Å²) in [4.78, 5) is 26.9. The van der Waals surface area contributed by atoms with E-state index in [1.54, 1.807) is 24.1 Å². The highest BCUT2D eigenvalue weighted by molar-refractivity contribution is 7.89. The van der Waals surface area contributed by atoms with Crippen LogP contribution in [0, 0.1) is 0 Å².